The third-order valence-corrected chi connectivity index (χ3v) is 1.27. The highest BCUT2D eigenvalue weighted by Gasteiger charge is 2.13. The van der Waals surface area contributed by atoms with Gasteiger partial charge in [-0.2, -0.15) is 0 Å². The van der Waals surface area contributed by atoms with E-state index in [1.807, 2.05) is 0 Å². The number of carbonyl (C=O) groups excluding carboxylic acids is 2. The number of rotatable bonds is 5. The summed E-state index contributed by atoms with van der Waals surface area (Å²) in [5.74, 6) is -0.464. The van der Waals surface area contributed by atoms with Crippen LogP contribution < -0.4 is 5.73 Å². The fraction of sp³-hybridized carbons (Fsp3) is 0.571. The van der Waals surface area contributed by atoms with Crippen LogP contribution in [0.5, 0.6) is 0 Å². The highest BCUT2D eigenvalue weighted by Crippen LogP contribution is 1.88. The van der Waals surface area contributed by atoms with Crippen LogP contribution in [-0.2, 0) is 9.59 Å². The Labute approximate surface area is 71.0 Å². The van der Waals surface area contributed by atoms with Crippen molar-refractivity contribution in [1.29, 1.82) is 0 Å². The lowest BCUT2D eigenvalue weighted by molar-refractivity contribution is -0.136. The minimum Gasteiger partial charge on any atom is -0.330 e. The van der Waals surface area contributed by atoms with Crippen molar-refractivity contribution in [1.82, 2.24) is 4.90 Å². The molecule has 2 amide bonds. The molecule has 5 heteroatoms. The normalized spacial score (nSPS) is 8.67. The van der Waals surface area contributed by atoms with Crippen LogP contribution in [0.1, 0.15) is 6.42 Å². The van der Waals surface area contributed by atoms with Gasteiger partial charge in [0.15, 0.2) is 0 Å². The lowest BCUT2D eigenvalue weighted by Gasteiger charge is -2.10. The van der Waals surface area contributed by atoms with Crippen molar-refractivity contribution >= 4 is 12.3 Å². The van der Waals surface area contributed by atoms with Crippen molar-refractivity contribution in [2.24, 2.45) is 5.73 Å². The third-order valence-electron chi connectivity index (χ3n) is 1.27. The van der Waals surface area contributed by atoms with Crippen molar-refractivity contribution < 1.29 is 9.59 Å². The fourth-order valence-electron chi connectivity index (χ4n) is 0.656. The SMILES string of the molecule is [C-]#[N+]CC(=O)N(C=O)CCCN. The first-order valence-corrected chi connectivity index (χ1v) is 3.54. The van der Waals surface area contributed by atoms with Gasteiger partial charge < -0.3 is 10.6 Å². The average Bonchev–Trinajstić information content (AvgIpc) is 2.06. The van der Waals surface area contributed by atoms with Gasteiger partial charge in [0, 0.05) is 6.54 Å². The predicted molar refractivity (Wildman–Crippen MR) is 42.9 cm³/mol. The van der Waals surface area contributed by atoms with E-state index >= 15 is 0 Å². The van der Waals surface area contributed by atoms with E-state index in [4.69, 9.17) is 12.3 Å². The Morgan fingerprint density at radius 1 is 1.67 bits per heavy atom. The molecule has 0 aliphatic rings. The van der Waals surface area contributed by atoms with Gasteiger partial charge >= 0.3 is 5.91 Å². The van der Waals surface area contributed by atoms with Gasteiger partial charge in [-0.05, 0) is 13.0 Å². The van der Waals surface area contributed by atoms with Crippen LogP contribution in [0.2, 0.25) is 0 Å². The van der Waals surface area contributed by atoms with Gasteiger partial charge in [0.2, 0.25) is 6.41 Å². The maximum atomic E-state index is 10.9. The Balaban J connectivity index is 3.89. The lowest BCUT2D eigenvalue weighted by Crippen LogP contribution is -2.32. The van der Waals surface area contributed by atoms with Gasteiger partial charge in [0.25, 0.3) is 6.54 Å². The van der Waals surface area contributed by atoms with E-state index in [1.54, 1.807) is 0 Å². The van der Waals surface area contributed by atoms with E-state index < -0.39 is 5.91 Å². The Hall–Kier alpha value is -1.41. The molecule has 0 fully saturated rings. The number of hydrogen-bond acceptors (Lipinski definition) is 3. The average molecular weight is 169 g/mol. The van der Waals surface area contributed by atoms with Crippen LogP contribution in [0.3, 0.4) is 0 Å². The van der Waals surface area contributed by atoms with Gasteiger partial charge in [0.05, 0.1) is 0 Å². The van der Waals surface area contributed by atoms with E-state index in [-0.39, 0.29) is 6.54 Å². The van der Waals surface area contributed by atoms with Gasteiger partial charge in [-0.3, -0.25) is 14.5 Å². The maximum Gasteiger partial charge on any atom is 0.309 e. The molecule has 66 valence electrons. The summed E-state index contributed by atoms with van der Waals surface area (Å²) in [6.45, 7) is 6.87. The Bertz CT molecular complexity index is 197. The smallest absolute Gasteiger partial charge is 0.309 e. The highest BCUT2D eigenvalue weighted by molar-refractivity contribution is 5.88. The largest absolute Gasteiger partial charge is 0.330 e. The van der Waals surface area contributed by atoms with Crippen LogP contribution in [0.4, 0.5) is 0 Å². The molecule has 0 rings (SSSR count). The Morgan fingerprint density at radius 2 is 2.33 bits per heavy atom. The number of hydrogen-bond donors (Lipinski definition) is 1. The zero-order valence-electron chi connectivity index (χ0n) is 6.69. The maximum absolute atomic E-state index is 10.9. The number of nitrogens with zero attached hydrogens (tertiary/aromatic N) is 2. The van der Waals surface area contributed by atoms with Crippen LogP contribution in [0.25, 0.3) is 4.85 Å². The van der Waals surface area contributed by atoms with Gasteiger partial charge in [-0.25, -0.2) is 6.57 Å². The molecule has 0 aromatic carbocycles. The molecule has 0 aromatic heterocycles. The molecule has 0 unspecified atom stereocenters. The highest BCUT2D eigenvalue weighted by atomic mass is 16.2. The van der Waals surface area contributed by atoms with Gasteiger partial charge in [-0.1, -0.05) is 0 Å². The summed E-state index contributed by atoms with van der Waals surface area (Å²) in [4.78, 5) is 25.1. The molecule has 0 aliphatic heterocycles. The Kier molecular flexibility index (Phi) is 5.57. The zero-order valence-corrected chi connectivity index (χ0v) is 6.69. The summed E-state index contributed by atoms with van der Waals surface area (Å²) >= 11 is 0. The summed E-state index contributed by atoms with van der Waals surface area (Å²) in [6.07, 6.45) is 1.01. The molecule has 0 aliphatic carbocycles. The first-order valence-electron chi connectivity index (χ1n) is 3.54. The topological polar surface area (TPSA) is 67.8 Å². The molecule has 0 saturated carbocycles. The molecule has 0 radical (unpaired) electrons. The monoisotopic (exact) mass is 169 g/mol. The molecule has 0 aromatic rings. The van der Waals surface area contributed by atoms with E-state index in [0.717, 1.165) is 4.90 Å². The molecule has 12 heavy (non-hydrogen) atoms. The van der Waals surface area contributed by atoms with E-state index in [0.29, 0.717) is 25.9 Å². The number of imide groups is 1. The first kappa shape index (κ1) is 10.6. The van der Waals surface area contributed by atoms with Crippen molar-refractivity contribution in [3.63, 3.8) is 0 Å². The number of amides is 2. The van der Waals surface area contributed by atoms with Crippen molar-refractivity contribution in [2.75, 3.05) is 19.6 Å². The summed E-state index contributed by atoms with van der Waals surface area (Å²) in [5.41, 5.74) is 5.19. The second-order valence-electron chi connectivity index (χ2n) is 2.15. The predicted octanol–water partition coefficient (Wildman–Crippen LogP) is -0.761. The summed E-state index contributed by atoms with van der Waals surface area (Å²) in [5, 5.41) is 0. The Morgan fingerprint density at radius 3 is 2.75 bits per heavy atom. The summed E-state index contributed by atoms with van der Waals surface area (Å²) < 4.78 is 0. The van der Waals surface area contributed by atoms with Crippen LogP contribution >= 0.6 is 0 Å². The standard InChI is InChI=1S/C7H11N3O2/c1-9-5-7(12)10(6-11)4-2-3-8/h6H,2-5,8H2. The molecule has 0 heterocycles. The fourth-order valence-corrected chi connectivity index (χ4v) is 0.656. The van der Waals surface area contributed by atoms with Crippen molar-refractivity contribution in [2.45, 2.75) is 6.42 Å². The van der Waals surface area contributed by atoms with Crippen molar-refractivity contribution in [3.8, 4) is 0 Å². The number of nitrogens with two attached hydrogens (primary N) is 1. The minimum absolute atomic E-state index is 0.274. The van der Waals surface area contributed by atoms with Crippen LogP contribution in [0, 0.1) is 6.57 Å². The van der Waals surface area contributed by atoms with Crippen LogP contribution in [-0.4, -0.2) is 36.9 Å². The van der Waals surface area contributed by atoms with E-state index in [1.165, 1.54) is 0 Å². The van der Waals surface area contributed by atoms with Crippen LogP contribution in [0.15, 0.2) is 0 Å². The summed E-state index contributed by atoms with van der Waals surface area (Å²) in [6, 6.07) is 0. The van der Waals surface area contributed by atoms with Crippen molar-refractivity contribution in [3.05, 3.63) is 11.4 Å². The lowest BCUT2D eigenvalue weighted by atomic mass is 10.4. The molecule has 0 atom stereocenters. The van der Waals surface area contributed by atoms with E-state index in [2.05, 4.69) is 4.85 Å². The second-order valence-corrected chi connectivity index (χ2v) is 2.15. The minimum atomic E-state index is -0.464. The molecule has 0 spiro atoms. The van der Waals surface area contributed by atoms with Gasteiger partial charge in [0.1, 0.15) is 0 Å². The molecular weight excluding hydrogens is 158 g/mol. The zero-order chi connectivity index (χ0) is 9.40. The quantitative estimate of drug-likeness (QED) is 0.434. The molecule has 0 bridgehead atoms. The first-order chi connectivity index (χ1) is 5.76. The second kappa shape index (κ2) is 6.31. The molecule has 0 saturated heterocycles. The molecule has 2 N–H and O–H groups in total. The summed E-state index contributed by atoms with van der Waals surface area (Å²) in [7, 11) is 0. The van der Waals surface area contributed by atoms with Gasteiger partial charge in [-0.15, -0.1) is 0 Å². The molecular formula is C7H11N3O2. The molecule has 5 nitrogen and oxygen atoms in total. The number of carbonyl (C=O) groups is 2. The third kappa shape index (κ3) is 3.68. The van der Waals surface area contributed by atoms with E-state index in [9.17, 15) is 9.59 Å².